The molecule has 1 aromatic heterocycles. The van der Waals surface area contributed by atoms with Crippen molar-refractivity contribution in [3.63, 3.8) is 0 Å². The molecule has 5 rings (SSSR count). The number of aryl methyl sites for hydroxylation is 1. The van der Waals surface area contributed by atoms with Gasteiger partial charge in [0.05, 0.1) is 19.7 Å². The largest absolute Gasteiger partial charge is 0.496 e. The van der Waals surface area contributed by atoms with Crippen LogP contribution in [0, 0.1) is 31.4 Å². The molecule has 2 aliphatic rings. The molecule has 10 nitrogen and oxygen atoms in total. The zero-order valence-electron chi connectivity index (χ0n) is 30.9. The number of piperidine rings is 2. The van der Waals surface area contributed by atoms with Crippen molar-refractivity contribution in [1.82, 2.24) is 19.7 Å². The first-order chi connectivity index (χ1) is 24.9. The van der Waals surface area contributed by atoms with Crippen LogP contribution in [0.15, 0.2) is 41.3 Å². The first-order valence-corrected chi connectivity index (χ1v) is 18.2. The summed E-state index contributed by atoms with van der Waals surface area (Å²) in [6, 6.07) is 7.69. The van der Waals surface area contributed by atoms with E-state index in [1.165, 1.54) is 23.7 Å². The fourth-order valence-electron chi connectivity index (χ4n) is 7.53. The fourth-order valence-corrected chi connectivity index (χ4v) is 7.53. The van der Waals surface area contributed by atoms with Crippen molar-refractivity contribution in [2.45, 2.75) is 70.8 Å². The molecule has 0 radical (unpaired) electrons. The first-order valence-electron chi connectivity index (χ1n) is 18.2. The number of ether oxygens (including phenoxy) is 1. The number of carbonyl (C=O) groups is 3. The highest BCUT2D eigenvalue weighted by Gasteiger charge is 2.29. The van der Waals surface area contributed by atoms with E-state index < -0.39 is 6.04 Å². The van der Waals surface area contributed by atoms with Gasteiger partial charge in [-0.1, -0.05) is 6.07 Å². The van der Waals surface area contributed by atoms with Crippen LogP contribution >= 0.6 is 0 Å². The number of rotatable bonds is 13. The summed E-state index contributed by atoms with van der Waals surface area (Å²) >= 11 is 0. The molecule has 12 heteroatoms. The van der Waals surface area contributed by atoms with Gasteiger partial charge in [-0.3, -0.25) is 19.3 Å². The third-order valence-electron chi connectivity index (χ3n) is 10.9. The smallest absolute Gasteiger partial charge is 0.253 e. The molecule has 2 aromatic carbocycles. The monoisotopic (exact) mass is 719 g/mol. The maximum absolute atomic E-state index is 15.6. The highest BCUT2D eigenvalue weighted by Crippen LogP contribution is 2.35. The molecule has 0 bridgehead atoms. The van der Waals surface area contributed by atoms with Crippen molar-refractivity contribution < 1.29 is 27.9 Å². The predicted molar refractivity (Wildman–Crippen MR) is 198 cm³/mol. The average molecular weight is 720 g/mol. The Balaban J connectivity index is 1.10. The van der Waals surface area contributed by atoms with Gasteiger partial charge >= 0.3 is 0 Å². The molecule has 1 unspecified atom stereocenters. The minimum Gasteiger partial charge on any atom is -0.496 e. The molecule has 52 heavy (non-hydrogen) atoms. The summed E-state index contributed by atoms with van der Waals surface area (Å²) in [7, 11) is 4.78. The summed E-state index contributed by atoms with van der Waals surface area (Å²) in [4.78, 5) is 52.6. The lowest BCUT2D eigenvalue weighted by Crippen LogP contribution is -2.46. The van der Waals surface area contributed by atoms with Crippen molar-refractivity contribution in [1.29, 1.82) is 0 Å². The average Bonchev–Trinajstić information content (AvgIpc) is 3.15. The highest BCUT2D eigenvalue weighted by atomic mass is 19.1. The van der Waals surface area contributed by atoms with E-state index >= 15 is 8.78 Å². The van der Waals surface area contributed by atoms with Gasteiger partial charge in [0.1, 0.15) is 23.7 Å². The molecule has 2 N–H and O–H groups in total. The Bertz CT molecular complexity index is 1830. The van der Waals surface area contributed by atoms with Gasteiger partial charge in [0, 0.05) is 62.2 Å². The molecule has 3 aromatic rings. The van der Waals surface area contributed by atoms with Crippen molar-refractivity contribution in [3.05, 3.63) is 80.8 Å². The number of aromatic nitrogens is 1. The lowest BCUT2D eigenvalue weighted by atomic mass is 9.88. The molecule has 0 spiro atoms. The van der Waals surface area contributed by atoms with Crippen molar-refractivity contribution >= 4 is 23.8 Å². The summed E-state index contributed by atoms with van der Waals surface area (Å²) in [5.41, 5.74) is 4.48. The minimum atomic E-state index is -0.596. The van der Waals surface area contributed by atoms with E-state index in [1.807, 2.05) is 17.9 Å². The molecule has 280 valence electrons. The van der Waals surface area contributed by atoms with Crippen LogP contribution in [0.25, 0.3) is 11.1 Å². The molecule has 2 saturated heterocycles. The number of anilines is 1. The second-order valence-electron chi connectivity index (χ2n) is 14.3. The molecule has 1 atom stereocenters. The van der Waals surface area contributed by atoms with E-state index in [0.717, 1.165) is 43.3 Å². The van der Waals surface area contributed by atoms with Gasteiger partial charge in [0.25, 0.3) is 5.56 Å². The van der Waals surface area contributed by atoms with Crippen LogP contribution in [-0.2, 0) is 27.9 Å². The van der Waals surface area contributed by atoms with Crippen LogP contribution in [0.2, 0.25) is 0 Å². The topological polar surface area (TPSA) is 113 Å². The van der Waals surface area contributed by atoms with Crippen LogP contribution in [0.5, 0.6) is 5.75 Å². The van der Waals surface area contributed by atoms with Gasteiger partial charge in [0.15, 0.2) is 0 Å². The fraction of sp³-hybridized carbons (Fsp3) is 0.500. The molecule has 2 aliphatic heterocycles. The van der Waals surface area contributed by atoms with Gasteiger partial charge in [0.2, 0.25) is 11.8 Å². The van der Waals surface area contributed by atoms with E-state index in [-0.39, 0.29) is 47.3 Å². The number of methoxy groups -OCH3 is 1. The van der Waals surface area contributed by atoms with Gasteiger partial charge in [-0.05, 0) is 118 Å². The van der Waals surface area contributed by atoms with Crippen molar-refractivity contribution in [2.24, 2.45) is 13.0 Å². The minimum absolute atomic E-state index is 0.00930. The Labute approximate surface area is 304 Å². The zero-order chi connectivity index (χ0) is 37.5. The summed E-state index contributed by atoms with van der Waals surface area (Å²) in [6.07, 6.45) is 6.50. The number of nitrogens with one attached hydrogen (secondary N) is 2. The number of benzene rings is 2. The van der Waals surface area contributed by atoms with Crippen molar-refractivity contribution in [2.75, 3.05) is 52.2 Å². The highest BCUT2D eigenvalue weighted by molar-refractivity contribution is 5.78. The van der Waals surface area contributed by atoms with Crippen LogP contribution < -0.4 is 20.9 Å². The summed E-state index contributed by atoms with van der Waals surface area (Å²) in [5.74, 6) is -0.0299. The van der Waals surface area contributed by atoms with E-state index in [2.05, 4.69) is 15.5 Å². The summed E-state index contributed by atoms with van der Waals surface area (Å²) < 4.78 is 38.0. The van der Waals surface area contributed by atoms with E-state index in [4.69, 9.17) is 4.74 Å². The lowest BCUT2D eigenvalue weighted by molar-refractivity contribution is -0.133. The Kier molecular flexibility index (Phi) is 12.9. The third kappa shape index (κ3) is 9.07. The number of pyridine rings is 1. The van der Waals surface area contributed by atoms with E-state index in [1.54, 1.807) is 39.4 Å². The number of carbonyl (C=O) groups excluding carboxylic acids is 3. The zero-order valence-corrected chi connectivity index (χ0v) is 30.9. The summed E-state index contributed by atoms with van der Waals surface area (Å²) in [5, 5.41) is 5.52. The Morgan fingerprint density at radius 3 is 2.35 bits per heavy atom. The number of halogens is 2. The van der Waals surface area contributed by atoms with Crippen LogP contribution in [-0.4, -0.2) is 85.4 Å². The Morgan fingerprint density at radius 2 is 1.71 bits per heavy atom. The number of hydrogen-bond donors (Lipinski definition) is 2. The SMILES string of the molecule is CNC(=O)CCC(C=O)Nc1ccc(C2CCN(C(=O)CN3CCC(Cc4c(F)cc(-c5cn(C)c(=O)c(C)c5C)cc4OC)CC3)CC2)c(F)c1. The lowest BCUT2D eigenvalue weighted by Gasteiger charge is -2.36. The number of nitrogens with zero attached hydrogens (tertiary/aromatic N) is 3. The number of amides is 2. The van der Waals surface area contributed by atoms with Gasteiger partial charge in [-0.2, -0.15) is 0 Å². The van der Waals surface area contributed by atoms with Crippen molar-refractivity contribution in [3.8, 4) is 16.9 Å². The second kappa shape index (κ2) is 17.3. The molecule has 2 amide bonds. The second-order valence-corrected chi connectivity index (χ2v) is 14.3. The maximum Gasteiger partial charge on any atom is 0.253 e. The molecule has 3 heterocycles. The third-order valence-corrected chi connectivity index (χ3v) is 10.9. The predicted octanol–water partition coefficient (Wildman–Crippen LogP) is 5.12. The number of aldehydes is 1. The Morgan fingerprint density at radius 1 is 1.00 bits per heavy atom. The quantitative estimate of drug-likeness (QED) is 0.236. The molecular weight excluding hydrogens is 668 g/mol. The molecule has 0 saturated carbocycles. The van der Waals surface area contributed by atoms with E-state index in [9.17, 15) is 19.2 Å². The van der Waals surface area contributed by atoms with Crippen LogP contribution in [0.4, 0.5) is 14.5 Å². The maximum atomic E-state index is 15.6. The molecule has 2 fully saturated rings. The molecule has 0 aliphatic carbocycles. The van der Waals surface area contributed by atoms with Gasteiger partial charge < -0.3 is 29.6 Å². The standard InChI is InChI=1S/C40H51F2N5O5/c1-25-26(2)40(51)45(4)22-34(25)29-19-35(41)33(37(20-29)52-5)18-27-10-14-46(15-11-27)23-39(50)47-16-12-28(13-17-47)32-8-6-30(21-36(32)42)44-31(24-48)7-9-38(49)43-3/h6,8,19-22,24,27-28,31,44H,7,9-18,23H2,1-5H3,(H,43,49). The Hall–Kier alpha value is -4.58. The van der Waals surface area contributed by atoms with Gasteiger partial charge in [-0.15, -0.1) is 0 Å². The number of hydrogen-bond acceptors (Lipinski definition) is 7. The molecular formula is C40H51F2N5O5. The normalized spacial score (nSPS) is 16.4. The van der Waals surface area contributed by atoms with E-state index in [0.29, 0.717) is 79.0 Å². The van der Waals surface area contributed by atoms with Crippen LogP contribution in [0.1, 0.15) is 66.7 Å². The van der Waals surface area contributed by atoms with Gasteiger partial charge in [-0.25, -0.2) is 8.78 Å². The first kappa shape index (κ1) is 38.6. The van der Waals surface area contributed by atoms with Crippen LogP contribution in [0.3, 0.4) is 0 Å². The number of likely N-dealkylation sites (tertiary alicyclic amines) is 2. The summed E-state index contributed by atoms with van der Waals surface area (Å²) in [6.45, 7) is 6.58.